The molecule has 1 atom stereocenters. The van der Waals surface area contributed by atoms with Crippen LogP contribution in [0.5, 0.6) is 5.75 Å². The van der Waals surface area contributed by atoms with Crippen LogP contribution < -0.4 is 21.5 Å². The predicted molar refractivity (Wildman–Crippen MR) is 133 cm³/mol. The highest BCUT2D eigenvalue weighted by molar-refractivity contribution is 5.89. The van der Waals surface area contributed by atoms with E-state index in [2.05, 4.69) is 20.9 Å². The number of H-pyrrole nitrogens is 1. The first kappa shape index (κ1) is 23.8. The topological polar surface area (TPSA) is 126 Å². The fourth-order valence-corrected chi connectivity index (χ4v) is 4.54. The second kappa shape index (κ2) is 11.2. The number of hydrogen-bond donors (Lipinski definition) is 6. The molecule has 2 aromatic carbocycles. The van der Waals surface area contributed by atoms with Crippen LogP contribution in [0.25, 0.3) is 10.9 Å². The molecule has 34 heavy (non-hydrogen) atoms. The summed E-state index contributed by atoms with van der Waals surface area (Å²) in [7, 11) is 0. The molecular formula is C26H32N4O4. The van der Waals surface area contributed by atoms with Crippen molar-refractivity contribution in [2.24, 2.45) is 0 Å². The van der Waals surface area contributed by atoms with Crippen molar-refractivity contribution >= 4 is 22.6 Å². The summed E-state index contributed by atoms with van der Waals surface area (Å²) in [5, 5.41) is 30.5. The summed E-state index contributed by atoms with van der Waals surface area (Å²) in [4.78, 5) is 26.5. The van der Waals surface area contributed by atoms with Gasteiger partial charge < -0.3 is 31.1 Å². The van der Waals surface area contributed by atoms with E-state index < -0.39 is 6.10 Å². The van der Waals surface area contributed by atoms with E-state index in [1.165, 1.54) is 31.4 Å². The van der Waals surface area contributed by atoms with Crippen molar-refractivity contribution < 1.29 is 15.0 Å². The number of hydrogen-bond acceptors (Lipinski definition) is 5. The van der Waals surface area contributed by atoms with Crippen LogP contribution in [0.1, 0.15) is 49.3 Å². The number of phenols is 1. The molecule has 1 saturated carbocycles. The lowest BCUT2D eigenvalue weighted by Crippen LogP contribution is -2.39. The molecule has 0 aliphatic heterocycles. The van der Waals surface area contributed by atoms with Crippen LogP contribution in [-0.2, 0) is 6.42 Å². The van der Waals surface area contributed by atoms with E-state index in [9.17, 15) is 19.8 Å². The summed E-state index contributed by atoms with van der Waals surface area (Å²) in [6.07, 6.45) is 5.61. The van der Waals surface area contributed by atoms with Gasteiger partial charge in [-0.2, -0.15) is 0 Å². The molecular weight excluding hydrogens is 432 g/mol. The SMILES string of the molecule is O=C(Nc1cccc(CCNC[C@@H](O)c2ccc(O)c3[nH]c(=O)ccc23)c1)NC1CCCCC1. The molecule has 180 valence electrons. The molecule has 1 aromatic heterocycles. The number of anilines is 1. The molecule has 1 aliphatic carbocycles. The standard InChI is InChI=1S/C26H32N4O4/c31-22-11-9-20(21-10-12-24(33)30-25(21)22)23(32)16-27-14-13-17-5-4-8-19(15-17)29-26(34)28-18-6-2-1-3-7-18/h4-5,8-12,15,18,23,27,31-32H,1-3,6-7,13-14,16H2,(H,30,33)(H2,28,29,34)/t23-/m1/s1. The number of urea groups is 1. The Morgan fingerprint density at radius 2 is 1.91 bits per heavy atom. The number of benzene rings is 2. The number of carbonyl (C=O) groups is 1. The van der Waals surface area contributed by atoms with Crippen LogP contribution in [0.3, 0.4) is 0 Å². The minimum Gasteiger partial charge on any atom is -0.506 e. The highest BCUT2D eigenvalue weighted by Gasteiger charge is 2.16. The third-order valence-corrected chi connectivity index (χ3v) is 6.32. The maximum absolute atomic E-state index is 12.3. The average molecular weight is 465 g/mol. The van der Waals surface area contributed by atoms with Gasteiger partial charge in [0.1, 0.15) is 5.75 Å². The second-order valence-electron chi connectivity index (χ2n) is 8.89. The number of aliphatic hydroxyl groups is 1. The number of aromatic nitrogens is 1. The Hall–Kier alpha value is -3.36. The van der Waals surface area contributed by atoms with E-state index in [0.29, 0.717) is 29.6 Å². The summed E-state index contributed by atoms with van der Waals surface area (Å²) >= 11 is 0. The molecule has 1 heterocycles. The van der Waals surface area contributed by atoms with Crippen molar-refractivity contribution in [3.63, 3.8) is 0 Å². The molecule has 1 aliphatic rings. The monoisotopic (exact) mass is 464 g/mol. The van der Waals surface area contributed by atoms with Gasteiger partial charge in [0.25, 0.3) is 0 Å². The van der Waals surface area contributed by atoms with E-state index in [0.717, 1.165) is 30.5 Å². The molecule has 0 spiro atoms. The van der Waals surface area contributed by atoms with Gasteiger partial charge in [0, 0.05) is 29.7 Å². The first-order chi connectivity index (χ1) is 16.5. The summed E-state index contributed by atoms with van der Waals surface area (Å²) in [5.74, 6) is -0.0301. The Balaban J connectivity index is 1.27. The third kappa shape index (κ3) is 6.15. The number of carbonyl (C=O) groups excluding carboxylic acids is 1. The highest BCUT2D eigenvalue weighted by atomic mass is 16.3. The van der Waals surface area contributed by atoms with Crippen LogP contribution in [0.15, 0.2) is 53.3 Å². The molecule has 0 radical (unpaired) electrons. The van der Waals surface area contributed by atoms with Gasteiger partial charge in [-0.05, 0) is 61.2 Å². The molecule has 0 unspecified atom stereocenters. The van der Waals surface area contributed by atoms with Gasteiger partial charge in [-0.1, -0.05) is 37.5 Å². The van der Waals surface area contributed by atoms with Crippen LogP contribution in [0, 0.1) is 0 Å². The smallest absolute Gasteiger partial charge is 0.319 e. The van der Waals surface area contributed by atoms with Crippen molar-refractivity contribution in [2.45, 2.75) is 50.7 Å². The van der Waals surface area contributed by atoms with Crippen LogP contribution in [0.4, 0.5) is 10.5 Å². The number of aromatic amines is 1. The number of phenolic OH excluding ortho intramolecular Hbond substituents is 1. The lowest BCUT2D eigenvalue weighted by atomic mass is 9.96. The van der Waals surface area contributed by atoms with E-state index in [-0.39, 0.29) is 23.4 Å². The number of rotatable bonds is 8. The Kier molecular flexibility index (Phi) is 7.82. The van der Waals surface area contributed by atoms with Crippen LogP contribution in [-0.4, -0.2) is 40.4 Å². The number of aliphatic hydroxyl groups excluding tert-OH is 1. The summed E-state index contributed by atoms with van der Waals surface area (Å²) in [6.45, 7) is 0.961. The Labute approximate surface area is 198 Å². The number of aromatic hydroxyl groups is 1. The average Bonchev–Trinajstić information content (AvgIpc) is 2.83. The zero-order valence-corrected chi connectivity index (χ0v) is 19.1. The lowest BCUT2D eigenvalue weighted by Gasteiger charge is -2.22. The summed E-state index contributed by atoms with van der Waals surface area (Å²) in [5.41, 5.74) is 2.48. The molecule has 2 amide bonds. The van der Waals surface area contributed by atoms with Gasteiger partial charge in [0.2, 0.25) is 5.56 Å². The molecule has 0 bridgehead atoms. The molecule has 3 aromatic rings. The molecule has 8 heteroatoms. The Morgan fingerprint density at radius 1 is 1.09 bits per heavy atom. The van der Waals surface area contributed by atoms with Crippen molar-refractivity contribution in [2.75, 3.05) is 18.4 Å². The van der Waals surface area contributed by atoms with Gasteiger partial charge in [-0.15, -0.1) is 0 Å². The van der Waals surface area contributed by atoms with Gasteiger partial charge >= 0.3 is 6.03 Å². The maximum atomic E-state index is 12.3. The zero-order valence-electron chi connectivity index (χ0n) is 19.1. The number of nitrogens with one attached hydrogen (secondary N) is 4. The summed E-state index contributed by atoms with van der Waals surface area (Å²) < 4.78 is 0. The first-order valence-corrected chi connectivity index (χ1v) is 11.9. The molecule has 1 fully saturated rings. The Bertz CT molecular complexity index is 1190. The zero-order chi connectivity index (χ0) is 23.9. The fourth-order valence-electron chi connectivity index (χ4n) is 4.54. The normalized spacial score (nSPS) is 15.2. The van der Waals surface area contributed by atoms with E-state index in [1.807, 2.05) is 24.3 Å². The minimum absolute atomic E-state index is 0.0301. The number of fused-ring (bicyclic) bond motifs is 1. The van der Waals surface area contributed by atoms with Crippen LogP contribution >= 0.6 is 0 Å². The molecule has 4 rings (SSSR count). The second-order valence-corrected chi connectivity index (χ2v) is 8.89. The van der Waals surface area contributed by atoms with E-state index >= 15 is 0 Å². The minimum atomic E-state index is -0.800. The third-order valence-electron chi connectivity index (χ3n) is 6.32. The molecule has 8 nitrogen and oxygen atoms in total. The fraction of sp³-hybridized carbons (Fsp3) is 0.385. The Morgan fingerprint density at radius 3 is 2.74 bits per heavy atom. The van der Waals surface area contributed by atoms with Gasteiger partial charge in [0.15, 0.2) is 0 Å². The molecule has 6 N–H and O–H groups in total. The van der Waals surface area contributed by atoms with Crippen molar-refractivity contribution in [1.29, 1.82) is 0 Å². The highest BCUT2D eigenvalue weighted by Crippen LogP contribution is 2.28. The predicted octanol–water partition coefficient (Wildman–Crippen LogP) is 3.55. The van der Waals surface area contributed by atoms with Crippen molar-refractivity contribution in [1.82, 2.24) is 15.6 Å². The van der Waals surface area contributed by atoms with E-state index in [1.54, 1.807) is 12.1 Å². The van der Waals surface area contributed by atoms with Gasteiger partial charge in [0.05, 0.1) is 11.6 Å². The quantitative estimate of drug-likeness (QED) is 0.284. The molecule has 0 saturated heterocycles. The number of pyridine rings is 1. The maximum Gasteiger partial charge on any atom is 0.319 e. The summed E-state index contributed by atoms with van der Waals surface area (Å²) in [6, 6.07) is 14.0. The van der Waals surface area contributed by atoms with Crippen molar-refractivity contribution in [3.8, 4) is 5.75 Å². The van der Waals surface area contributed by atoms with Crippen molar-refractivity contribution in [3.05, 3.63) is 70.0 Å². The largest absolute Gasteiger partial charge is 0.506 e. The number of amides is 2. The van der Waals surface area contributed by atoms with Gasteiger partial charge in [-0.25, -0.2) is 4.79 Å². The van der Waals surface area contributed by atoms with E-state index in [4.69, 9.17) is 0 Å². The first-order valence-electron chi connectivity index (χ1n) is 11.9. The lowest BCUT2D eigenvalue weighted by molar-refractivity contribution is 0.176. The van der Waals surface area contributed by atoms with Gasteiger partial charge in [-0.3, -0.25) is 4.79 Å². The van der Waals surface area contributed by atoms with Crippen LogP contribution in [0.2, 0.25) is 0 Å².